The van der Waals surface area contributed by atoms with Crippen molar-refractivity contribution in [3.05, 3.63) is 99.0 Å². The Morgan fingerprint density at radius 2 is 1.54 bits per heavy atom. The van der Waals surface area contributed by atoms with Gasteiger partial charge in [0.1, 0.15) is 12.6 Å². The van der Waals surface area contributed by atoms with Gasteiger partial charge in [-0.15, -0.1) is 0 Å². The average molecular weight is 591 g/mol. The van der Waals surface area contributed by atoms with Crippen molar-refractivity contribution in [2.75, 3.05) is 23.7 Å². The van der Waals surface area contributed by atoms with Gasteiger partial charge in [-0.1, -0.05) is 71.7 Å². The van der Waals surface area contributed by atoms with Crippen LogP contribution in [0.2, 0.25) is 10.0 Å². The maximum Gasteiger partial charge on any atom is 0.244 e. The first-order valence-corrected chi connectivity index (χ1v) is 15.1. The molecule has 0 heterocycles. The van der Waals surface area contributed by atoms with Gasteiger partial charge in [0.15, 0.2) is 0 Å². The third kappa shape index (κ3) is 7.75. The SMILES string of the molecule is CCNC(=O)[C@@H](Cc1ccccc1)N(Cc1c(Cl)cccc1Cl)C(=O)CN(c1cccc(C)c1C)S(C)(=O)=O. The summed E-state index contributed by atoms with van der Waals surface area (Å²) in [5.74, 6) is -0.931. The molecule has 0 aliphatic rings. The summed E-state index contributed by atoms with van der Waals surface area (Å²) in [5, 5.41) is 3.49. The van der Waals surface area contributed by atoms with E-state index in [0.29, 0.717) is 27.8 Å². The van der Waals surface area contributed by atoms with E-state index in [1.54, 1.807) is 37.3 Å². The van der Waals surface area contributed by atoms with E-state index in [-0.39, 0.29) is 18.9 Å². The molecular weight excluding hydrogens is 557 g/mol. The van der Waals surface area contributed by atoms with Crippen LogP contribution in [0.25, 0.3) is 0 Å². The first kappa shape index (κ1) is 30.5. The van der Waals surface area contributed by atoms with Gasteiger partial charge >= 0.3 is 0 Å². The molecule has 0 fully saturated rings. The minimum atomic E-state index is -3.86. The first-order valence-electron chi connectivity index (χ1n) is 12.5. The van der Waals surface area contributed by atoms with E-state index >= 15 is 0 Å². The second-order valence-corrected chi connectivity index (χ2v) is 12.0. The van der Waals surface area contributed by atoms with Crippen molar-refractivity contribution in [2.24, 2.45) is 0 Å². The van der Waals surface area contributed by atoms with E-state index in [1.165, 1.54) is 4.90 Å². The number of sulfonamides is 1. The fourth-order valence-corrected chi connectivity index (χ4v) is 5.72. The molecule has 39 heavy (non-hydrogen) atoms. The lowest BCUT2D eigenvalue weighted by Crippen LogP contribution is -2.53. The molecule has 2 amide bonds. The maximum atomic E-state index is 14.1. The van der Waals surface area contributed by atoms with Gasteiger partial charge in [-0.05, 0) is 55.7 Å². The highest BCUT2D eigenvalue weighted by Gasteiger charge is 2.34. The smallest absolute Gasteiger partial charge is 0.244 e. The number of likely N-dealkylation sites (N-methyl/N-ethyl adjacent to an activating group) is 1. The second kappa shape index (κ2) is 13.3. The molecule has 7 nitrogen and oxygen atoms in total. The summed E-state index contributed by atoms with van der Waals surface area (Å²) in [4.78, 5) is 28.9. The Labute approximate surface area is 240 Å². The fourth-order valence-electron chi connectivity index (χ4n) is 4.30. The van der Waals surface area contributed by atoms with Crippen molar-refractivity contribution in [3.8, 4) is 0 Å². The summed E-state index contributed by atoms with van der Waals surface area (Å²) in [6.45, 7) is 5.24. The molecule has 1 N–H and O–H groups in total. The average Bonchev–Trinajstić information content (AvgIpc) is 2.88. The Balaban J connectivity index is 2.11. The zero-order valence-electron chi connectivity index (χ0n) is 22.4. The lowest BCUT2D eigenvalue weighted by Gasteiger charge is -2.34. The largest absolute Gasteiger partial charge is 0.355 e. The third-order valence-corrected chi connectivity index (χ3v) is 8.37. The van der Waals surface area contributed by atoms with Gasteiger partial charge in [-0.3, -0.25) is 13.9 Å². The molecule has 1 atom stereocenters. The molecular formula is C29H33Cl2N3O4S. The van der Waals surface area contributed by atoms with Gasteiger partial charge in [0.25, 0.3) is 0 Å². The summed E-state index contributed by atoms with van der Waals surface area (Å²) < 4.78 is 27.0. The molecule has 0 bridgehead atoms. The quantitative estimate of drug-likeness (QED) is 0.335. The molecule has 0 radical (unpaired) electrons. The minimum Gasteiger partial charge on any atom is -0.355 e. The standard InChI is InChI=1S/C29H33Cl2N3O4S/c1-5-32-29(36)27(17-22-12-7-6-8-13-22)33(18-23-24(30)14-10-15-25(23)31)28(35)19-34(39(4,37)38)26-16-9-11-20(2)21(26)3/h6-16,27H,5,17-19H2,1-4H3,(H,32,36)/t27-/m1/s1. The van der Waals surface area contributed by atoms with Crippen LogP contribution >= 0.6 is 23.2 Å². The van der Waals surface area contributed by atoms with E-state index < -0.39 is 28.5 Å². The van der Waals surface area contributed by atoms with Crippen molar-refractivity contribution in [1.29, 1.82) is 0 Å². The van der Waals surface area contributed by atoms with Crippen molar-refractivity contribution in [2.45, 2.75) is 39.8 Å². The third-order valence-electron chi connectivity index (χ3n) is 6.54. The van der Waals surface area contributed by atoms with Gasteiger partial charge in [0.05, 0.1) is 11.9 Å². The molecule has 3 aromatic rings. The van der Waals surface area contributed by atoms with Crippen LogP contribution in [0.4, 0.5) is 5.69 Å². The highest BCUT2D eigenvalue weighted by Crippen LogP contribution is 2.29. The number of rotatable bonds is 11. The van der Waals surface area contributed by atoms with Crippen LogP contribution < -0.4 is 9.62 Å². The van der Waals surface area contributed by atoms with E-state index in [1.807, 2.05) is 50.2 Å². The number of amides is 2. The molecule has 0 unspecified atom stereocenters. The Kier molecular flexibility index (Phi) is 10.4. The van der Waals surface area contributed by atoms with Gasteiger partial charge in [0, 0.05) is 35.1 Å². The Hall–Kier alpha value is -3.07. The number of hydrogen-bond donors (Lipinski definition) is 1. The Bertz CT molecular complexity index is 1410. The molecule has 0 spiro atoms. The fraction of sp³-hybridized carbons (Fsp3) is 0.310. The van der Waals surface area contributed by atoms with Crippen LogP contribution in [0.15, 0.2) is 66.7 Å². The minimum absolute atomic E-state index is 0.0869. The Morgan fingerprint density at radius 1 is 0.923 bits per heavy atom. The molecule has 0 saturated heterocycles. The first-order chi connectivity index (χ1) is 18.4. The number of benzene rings is 3. The maximum absolute atomic E-state index is 14.1. The van der Waals surface area contributed by atoms with E-state index in [0.717, 1.165) is 27.3 Å². The highest BCUT2D eigenvalue weighted by molar-refractivity contribution is 7.92. The van der Waals surface area contributed by atoms with Crippen molar-refractivity contribution in [3.63, 3.8) is 0 Å². The van der Waals surface area contributed by atoms with Gasteiger partial charge in [0.2, 0.25) is 21.8 Å². The summed E-state index contributed by atoms with van der Waals surface area (Å²) in [6.07, 6.45) is 1.27. The van der Waals surface area contributed by atoms with E-state index in [9.17, 15) is 18.0 Å². The number of aryl methyl sites for hydroxylation is 1. The molecule has 0 aliphatic carbocycles. The number of nitrogens with zero attached hydrogens (tertiary/aromatic N) is 2. The van der Waals surface area contributed by atoms with E-state index in [2.05, 4.69) is 5.32 Å². The van der Waals surface area contributed by atoms with Crippen LogP contribution in [0.3, 0.4) is 0 Å². The van der Waals surface area contributed by atoms with Crippen molar-refractivity contribution < 1.29 is 18.0 Å². The van der Waals surface area contributed by atoms with Gasteiger partial charge in [-0.2, -0.15) is 0 Å². The molecule has 208 valence electrons. The predicted octanol–water partition coefficient (Wildman–Crippen LogP) is 5.15. The summed E-state index contributed by atoms with van der Waals surface area (Å²) >= 11 is 12.9. The topological polar surface area (TPSA) is 86.8 Å². The Morgan fingerprint density at radius 3 is 2.13 bits per heavy atom. The number of nitrogens with one attached hydrogen (secondary N) is 1. The summed E-state index contributed by atoms with van der Waals surface area (Å²) in [6, 6.07) is 18.6. The van der Waals surface area contributed by atoms with Gasteiger partial charge in [-0.25, -0.2) is 8.42 Å². The summed E-state index contributed by atoms with van der Waals surface area (Å²) in [5.41, 5.74) is 3.33. The molecule has 10 heteroatoms. The van der Waals surface area contributed by atoms with Crippen molar-refractivity contribution in [1.82, 2.24) is 10.2 Å². The second-order valence-electron chi connectivity index (χ2n) is 9.31. The lowest BCUT2D eigenvalue weighted by molar-refractivity contribution is -0.140. The highest BCUT2D eigenvalue weighted by atomic mass is 35.5. The van der Waals surface area contributed by atoms with Crippen LogP contribution in [-0.2, 0) is 32.6 Å². The monoisotopic (exact) mass is 589 g/mol. The number of carbonyl (C=O) groups excluding carboxylic acids is 2. The van der Waals surface area contributed by atoms with E-state index in [4.69, 9.17) is 23.2 Å². The summed E-state index contributed by atoms with van der Waals surface area (Å²) in [7, 11) is -3.86. The number of halogens is 2. The number of hydrogen-bond acceptors (Lipinski definition) is 4. The zero-order valence-corrected chi connectivity index (χ0v) is 24.8. The molecule has 0 saturated carbocycles. The zero-order chi connectivity index (χ0) is 28.7. The van der Waals surface area contributed by atoms with Crippen LogP contribution in [0, 0.1) is 13.8 Å². The molecule has 3 aromatic carbocycles. The van der Waals surface area contributed by atoms with Crippen molar-refractivity contribution >= 4 is 50.7 Å². The molecule has 0 aliphatic heterocycles. The normalized spacial score (nSPS) is 12.1. The van der Waals surface area contributed by atoms with Crippen LogP contribution in [-0.4, -0.2) is 50.5 Å². The van der Waals surface area contributed by atoms with Crippen LogP contribution in [0.1, 0.15) is 29.2 Å². The number of anilines is 1. The predicted molar refractivity (Wildman–Crippen MR) is 158 cm³/mol. The molecule has 3 rings (SSSR count). The number of carbonyl (C=O) groups is 2. The van der Waals surface area contributed by atoms with Gasteiger partial charge < -0.3 is 10.2 Å². The van der Waals surface area contributed by atoms with Crippen LogP contribution in [0.5, 0.6) is 0 Å². The lowest BCUT2D eigenvalue weighted by atomic mass is 10.0. The molecule has 0 aromatic heterocycles.